The van der Waals surface area contributed by atoms with E-state index in [-0.39, 0.29) is 18.6 Å². The quantitative estimate of drug-likeness (QED) is 0.438. The molecule has 1 amide bonds. The second-order valence-corrected chi connectivity index (χ2v) is 9.18. The van der Waals surface area contributed by atoms with Crippen LogP contribution in [0, 0.1) is 0 Å². The van der Waals surface area contributed by atoms with Crippen molar-refractivity contribution in [3.63, 3.8) is 0 Å². The van der Waals surface area contributed by atoms with E-state index in [1.807, 2.05) is 48.5 Å². The number of carbonyl (C=O) groups excluding carboxylic acids is 2. The second-order valence-electron chi connectivity index (χ2n) is 8.27. The molecule has 3 aromatic rings. The molecule has 1 aromatic heterocycles. The zero-order valence-corrected chi connectivity index (χ0v) is 19.6. The van der Waals surface area contributed by atoms with Gasteiger partial charge >= 0.3 is 5.97 Å². The van der Waals surface area contributed by atoms with Gasteiger partial charge in [-0.1, -0.05) is 78.4 Å². The van der Waals surface area contributed by atoms with Gasteiger partial charge in [0.05, 0.1) is 16.8 Å². The maximum Gasteiger partial charge on any atom is 0.339 e. The van der Waals surface area contributed by atoms with Crippen LogP contribution in [0.4, 0.5) is 0 Å². The summed E-state index contributed by atoms with van der Waals surface area (Å²) in [6, 6.07) is 17.1. The van der Waals surface area contributed by atoms with Gasteiger partial charge in [0.15, 0.2) is 6.61 Å². The Balaban J connectivity index is 1.49. The number of fused-ring (bicyclic) bond motifs is 1. The van der Waals surface area contributed by atoms with Gasteiger partial charge in [-0.25, -0.2) is 9.78 Å². The molecule has 166 valence electrons. The summed E-state index contributed by atoms with van der Waals surface area (Å²) in [5.41, 5.74) is 2.68. The number of carbonyl (C=O) groups is 2. The van der Waals surface area contributed by atoms with Crippen LogP contribution in [0.3, 0.4) is 0 Å². The number of nitrogens with one attached hydrogen (secondary N) is 1. The predicted molar refractivity (Wildman–Crippen MR) is 129 cm³/mol. The van der Waals surface area contributed by atoms with Crippen LogP contribution in [0.2, 0.25) is 0 Å². The summed E-state index contributed by atoms with van der Waals surface area (Å²) in [6.45, 7) is -0.280. The lowest BCUT2D eigenvalue weighted by molar-refractivity contribution is -0.125. The van der Waals surface area contributed by atoms with Crippen molar-refractivity contribution in [1.29, 1.82) is 0 Å². The standard InChI is InChI=1S/C26H27BrN2O3/c27-19-10-8-9-18(15-19)24-16-22(21-13-6-7-14-23(21)29-24)26(31)32-17-25(30)28-20-11-4-2-1-3-5-12-20/h6-10,13-16,20H,1-5,11-12,17H2,(H,28,30). The first-order valence-corrected chi connectivity index (χ1v) is 12.0. The fraction of sp³-hybridized carbons (Fsp3) is 0.346. The molecule has 1 saturated carbocycles. The highest BCUT2D eigenvalue weighted by atomic mass is 79.9. The molecule has 1 N–H and O–H groups in total. The van der Waals surface area contributed by atoms with Crippen molar-refractivity contribution < 1.29 is 14.3 Å². The first-order chi connectivity index (χ1) is 15.6. The molecule has 0 spiro atoms. The van der Waals surface area contributed by atoms with Gasteiger partial charge in [-0.05, 0) is 37.1 Å². The number of benzene rings is 2. The van der Waals surface area contributed by atoms with Gasteiger partial charge in [-0.3, -0.25) is 4.79 Å². The fourth-order valence-electron chi connectivity index (χ4n) is 4.22. The van der Waals surface area contributed by atoms with Crippen molar-refractivity contribution in [2.24, 2.45) is 0 Å². The first kappa shape index (κ1) is 22.5. The highest BCUT2D eigenvalue weighted by Crippen LogP contribution is 2.27. The summed E-state index contributed by atoms with van der Waals surface area (Å²) in [5, 5.41) is 3.75. The smallest absolute Gasteiger partial charge is 0.339 e. The Hall–Kier alpha value is -2.73. The van der Waals surface area contributed by atoms with Crippen LogP contribution >= 0.6 is 15.9 Å². The topological polar surface area (TPSA) is 68.3 Å². The van der Waals surface area contributed by atoms with Crippen LogP contribution in [0.5, 0.6) is 0 Å². The third-order valence-corrected chi connectivity index (χ3v) is 6.35. The van der Waals surface area contributed by atoms with Crippen LogP contribution in [-0.2, 0) is 9.53 Å². The van der Waals surface area contributed by atoms with Crippen molar-refractivity contribution in [3.8, 4) is 11.3 Å². The highest BCUT2D eigenvalue weighted by Gasteiger charge is 2.18. The lowest BCUT2D eigenvalue weighted by Gasteiger charge is -2.21. The van der Waals surface area contributed by atoms with Crippen molar-refractivity contribution in [1.82, 2.24) is 10.3 Å². The van der Waals surface area contributed by atoms with Gasteiger partial charge in [0.25, 0.3) is 5.91 Å². The molecule has 5 nitrogen and oxygen atoms in total. The van der Waals surface area contributed by atoms with Gasteiger partial charge in [0, 0.05) is 21.5 Å². The summed E-state index contributed by atoms with van der Waals surface area (Å²) in [4.78, 5) is 30.1. The molecule has 0 atom stereocenters. The SMILES string of the molecule is O=C(COC(=O)c1cc(-c2cccc(Br)c2)nc2ccccc12)NC1CCCCCCC1. The highest BCUT2D eigenvalue weighted by molar-refractivity contribution is 9.10. The number of amides is 1. The van der Waals surface area contributed by atoms with Gasteiger partial charge in [0.2, 0.25) is 0 Å². The zero-order valence-electron chi connectivity index (χ0n) is 18.0. The second kappa shape index (κ2) is 10.7. The summed E-state index contributed by atoms with van der Waals surface area (Å²) in [5.74, 6) is -0.762. The number of ether oxygens (including phenoxy) is 1. The number of hydrogen-bond acceptors (Lipinski definition) is 4. The number of para-hydroxylation sites is 1. The molecule has 1 heterocycles. The Morgan fingerprint density at radius 3 is 2.50 bits per heavy atom. The Morgan fingerprint density at radius 2 is 1.72 bits per heavy atom. The maximum absolute atomic E-state index is 13.0. The van der Waals surface area contributed by atoms with E-state index in [0.29, 0.717) is 22.2 Å². The van der Waals surface area contributed by atoms with Crippen molar-refractivity contribution in [3.05, 3.63) is 64.6 Å². The molecule has 0 unspecified atom stereocenters. The maximum atomic E-state index is 13.0. The summed E-state index contributed by atoms with van der Waals surface area (Å²) < 4.78 is 6.35. The molecule has 0 bridgehead atoms. The summed E-state index contributed by atoms with van der Waals surface area (Å²) >= 11 is 3.48. The van der Waals surface area contributed by atoms with E-state index in [1.54, 1.807) is 6.07 Å². The van der Waals surface area contributed by atoms with Crippen molar-refractivity contribution in [2.45, 2.75) is 51.0 Å². The van der Waals surface area contributed by atoms with Gasteiger partial charge in [-0.15, -0.1) is 0 Å². The molecule has 6 heteroatoms. The molecule has 32 heavy (non-hydrogen) atoms. The molecular weight excluding hydrogens is 468 g/mol. The number of rotatable bonds is 5. The lowest BCUT2D eigenvalue weighted by Crippen LogP contribution is -2.38. The van der Waals surface area contributed by atoms with Gasteiger partial charge < -0.3 is 10.1 Å². The minimum Gasteiger partial charge on any atom is -0.452 e. The average Bonchev–Trinajstić information content (AvgIpc) is 2.78. The minimum absolute atomic E-state index is 0.173. The molecule has 0 radical (unpaired) electrons. The van der Waals surface area contributed by atoms with E-state index in [1.165, 1.54) is 19.3 Å². The Morgan fingerprint density at radius 1 is 0.969 bits per heavy atom. The molecule has 0 aliphatic heterocycles. The van der Waals surface area contributed by atoms with Crippen LogP contribution in [-0.4, -0.2) is 29.5 Å². The number of nitrogens with zero attached hydrogens (tertiary/aromatic N) is 1. The van der Waals surface area contributed by atoms with E-state index in [0.717, 1.165) is 35.7 Å². The van der Waals surface area contributed by atoms with Gasteiger partial charge in [-0.2, -0.15) is 0 Å². The average molecular weight is 495 g/mol. The predicted octanol–water partition coefficient (Wildman–Crippen LogP) is 6.05. The van der Waals surface area contributed by atoms with Crippen molar-refractivity contribution in [2.75, 3.05) is 6.61 Å². The molecule has 1 fully saturated rings. The molecule has 2 aromatic carbocycles. The van der Waals surface area contributed by atoms with E-state index >= 15 is 0 Å². The zero-order chi connectivity index (χ0) is 22.3. The Kier molecular flexibility index (Phi) is 7.53. The van der Waals surface area contributed by atoms with Crippen LogP contribution < -0.4 is 5.32 Å². The molecule has 4 rings (SSSR count). The summed E-state index contributed by atoms with van der Waals surface area (Å²) in [7, 11) is 0. The van der Waals surface area contributed by atoms with Crippen LogP contribution in [0.15, 0.2) is 59.1 Å². The Bertz CT molecular complexity index is 1110. The van der Waals surface area contributed by atoms with Crippen molar-refractivity contribution >= 4 is 38.7 Å². The number of pyridine rings is 1. The molecule has 0 saturated heterocycles. The number of hydrogen-bond donors (Lipinski definition) is 1. The van der Waals surface area contributed by atoms with E-state index in [2.05, 4.69) is 21.2 Å². The monoisotopic (exact) mass is 494 g/mol. The summed E-state index contributed by atoms with van der Waals surface area (Å²) in [6.07, 6.45) is 7.96. The normalized spacial score (nSPS) is 15.0. The number of esters is 1. The Labute approximate surface area is 196 Å². The van der Waals surface area contributed by atoms with E-state index < -0.39 is 5.97 Å². The number of halogens is 1. The third-order valence-electron chi connectivity index (χ3n) is 5.86. The first-order valence-electron chi connectivity index (χ1n) is 11.2. The largest absolute Gasteiger partial charge is 0.452 e. The molecular formula is C26H27BrN2O3. The van der Waals surface area contributed by atoms with Gasteiger partial charge in [0.1, 0.15) is 0 Å². The van der Waals surface area contributed by atoms with Crippen LogP contribution in [0.1, 0.15) is 55.3 Å². The third kappa shape index (κ3) is 5.74. The number of aromatic nitrogens is 1. The minimum atomic E-state index is -0.521. The molecule has 1 aliphatic carbocycles. The molecule has 1 aliphatic rings. The van der Waals surface area contributed by atoms with Crippen LogP contribution in [0.25, 0.3) is 22.2 Å². The van der Waals surface area contributed by atoms with E-state index in [4.69, 9.17) is 9.72 Å². The fourth-order valence-corrected chi connectivity index (χ4v) is 4.62. The lowest BCUT2D eigenvalue weighted by atomic mass is 9.97. The van der Waals surface area contributed by atoms with E-state index in [9.17, 15) is 9.59 Å².